The van der Waals surface area contributed by atoms with Crippen molar-refractivity contribution in [1.29, 1.82) is 0 Å². The van der Waals surface area contributed by atoms with Crippen LogP contribution in [0.1, 0.15) is 5.56 Å². The van der Waals surface area contributed by atoms with Crippen molar-refractivity contribution in [2.45, 2.75) is 6.54 Å². The Balaban J connectivity index is 1.14. The van der Waals surface area contributed by atoms with E-state index >= 15 is 0 Å². The molecule has 3 aliphatic heterocycles. The normalized spacial score (nSPS) is 17.2. The van der Waals surface area contributed by atoms with Crippen molar-refractivity contribution < 1.29 is 23.7 Å². The van der Waals surface area contributed by atoms with Crippen molar-refractivity contribution in [2.75, 3.05) is 51.1 Å². The molecular weight excluding hydrogens is 374 g/mol. The Kier molecular flexibility index (Phi) is 4.67. The average Bonchev–Trinajstić information content (AvgIpc) is 3.25. The number of ether oxygens (including phenoxy) is 4. The van der Waals surface area contributed by atoms with Crippen LogP contribution in [0.25, 0.3) is 0 Å². The number of benzene rings is 2. The third-order valence-electron chi connectivity index (χ3n) is 5.34. The number of anilines is 1. The van der Waals surface area contributed by atoms with E-state index < -0.39 is 0 Å². The van der Waals surface area contributed by atoms with Gasteiger partial charge in [-0.25, -0.2) is 4.79 Å². The van der Waals surface area contributed by atoms with Crippen LogP contribution in [-0.4, -0.2) is 57.1 Å². The minimum absolute atomic E-state index is 0.0514. The third kappa shape index (κ3) is 3.70. The van der Waals surface area contributed by atoms with E-state index in [-0.39, 0.29) is 12.8 Å². The summed E-state index contributed by atoms with van der Waals surface area (Å²) in [5.74, 6) is 3.05. The molecule has 0 aliphatic carbocycles. The van der Waals surface area contributed by atoms with Crippen LogP contribution in [0.5, 0.6) is 23.0 Å². The van der Waals surface area contributed by atoms with E-state index in [1.165, 1.54) is 0 Å². The fourth-order valence-corrected chi connectivity index (χ4v) is 3.74. The Bertz CT molecular complexity index is 911. The van der Waals surface area contributed by atoms with Gasteiger partial charge in [0, 0.05) is 44.5 Å². The van der Waals surface area contributed by atoms with Crippen LogP contribution < -0.4 is 29.2 Å². The lowest BCUT2D eigenvalue weighted by Crippen LogP contribution is -2.51. The van der Waals surface area contributed by atoms with Crippen LogP contribution in [0.4, 0.5) is 10.5 Å². The van der Waals surface area contributed by atoms with Crippen molar-refractivity contribution in [1.82, 2.24) is 10.2 Å². The second kappa shape index (κ2) is 7.62. The molecule has 0 spiro atoms. The highest BCUT2D eigenvalue weighted by Crippen LogP contribution is 2.34. The molecule has 3 heterocycles. The summed E-state index contributed by atoms with van der Waals surface area (Å²) < 4.78 is 22.0. The molecule has 1 N–H and O–H groups in total. The molecule has 2 amide bonds. The lowest BCUT2D eigenvalue weighted by atomic mass is 10.2. The van der Waals surface area contributed by atoms with Crippen LogP contribution in [0.15, 0.2) is 36.4 Å². The highest BCUT2D eigenvalue weighted by Gasteiger charge is 2.23. The molecule has 0 aromatic heterocycles. The first-order valence-electron chi connectivity index (χ1n) is 9.82. The van der Waals surface area contributed by atoms with Crippen LogP contribution >= 0.6 is 0 Å². The van der Waals surface area contributed by atoms with Gasteiger partial charge in [0.05, 0.1) is 0 Å². The van der Waals surface area contributed by atoms with Gasteiger partial charge in [0.25, 0.3) is 0 Å². The van der Waals surface area contributed by atoms with E-state index in [4.69, 9.17) is 18.9 Å². The predicted octanol–water partition coefficient (Wildman–Crippen LogP) is 2.22. The molecule has 5 rings (SSSR count). The summed E-state index contributed by atoms with van der Waals surface area (Å²) in [4.78, 5) is 16.7. The fourth-order valence-electron chi connectivity index (χ4n) is 3.74. The highest BCUT2D eigenvalue weighted by atomic mass is 16.7. The Hall–Kier alpha value is -3.29. The van der Waals surface area contributed by atoms with Crippen molar-refractivity contribution in [2.24, 2.45) is 0 Å². The van der Waals surface area contributed by atoms with E-state index in [9.17, 15) is 4.79 Å². The van der Waals surface area contributed by atoms with Gasteiger partial charge < -0.3 is 34.1 Å². The zero-order chi connectivity index (χ0) is 19.6. The summed E-state index contributed by atoms with van der Waals surface area (Å²) in [5.41, 5.74) is 2.08. The summed E-state index contributed by atoms with van der Waals surface area (Å²) in [6, 6.07) is 11.7. The predicted molar refractivity (Wildman–Crippen MR) is 106 cm³/mol. The minimum atomic E-state index is -0.0514. The van der Waals surface area contributed by atoms with Gasteiger partial charge >= 0.3 is 6.03 Å². The first-order chi connectivity index (χ1) is 14.3. The van der Waals surface area contributed by atoms with Crippen LogP contribution in [0.2, 0.25) is 0 Å². The Morgan fingerprint density at radius 1 is 0.828 bits per heavy atom. The van der Waals surface area contributed by atoms with Gasteiger partial charge in [-0.3, -0.25) is 0 Å². The third-order valence-corrected chi connectivity index (χ3v) is 5.34. The van der Waals surface area contributed by atoms with Crippen LogP contribution in [-0.2, 0) is 6.54 Å². The molecule has 0 unspecified atom stereocenters. The second-order valence-corrected chi connectivity index (χ2v) is 7.15. The van der Waals surface area contributed by atoms with Crippen molar-refractivity contribution in [3.05, 3.63) is 42.0 Å². The number of hydrogen-bond donors (Lipinski definition) is 1. The largest absolute Gasteiger partial charge is 0.486 e. The molecule has 152 valence electrons. The average molecular weight is 397 g/mol. The van der Waals surface area contributed by atoms with E-state index in [1.807, 2.05) is 41.3 Å². The number of rotatable bonds is 3. The summed E-state index contributed by atoms with van der Waals surface area (Å²) in [6.45, 7) is 4.76. The number of urea groups is 1. The molecule has 2 aromatic rings. The zero-order valence-electron chi connectivity index (χ0n) is 16.1. The van der Waals surface area contributed by atoms with Crippen molar-refractivity contribution in [3.63, 3.8) is 0 Å². The number of piperazine rings is 1. The van der Waals surface area contributed by atoms with E-state index in [1.54, 1.807) is 0 Å². The minimum Gasteiger partial charge on any atom is -0.486 e. The summed E-state index contributed by atoms with van der Waals surface area (Å²) >= 11 is 0. The number of hydrogen-bond acceptors (Lipinski definition) is 6. The lowest BCUT2D eigenvalue weighted by Gasteiger charge is -2.36. The fraction of sp³-hybridized carbons (Fsp3) is 0.381. The molecule has 3 aliphatic rings. The molecule has 1 saturated heterocycles. The first-order valence-corrected chi connectivity index (χ1v) is 9.82. The van der Waals surface area contributed by atoms with Crippen LogP contribution in [0, 0.1) is 0 Å². The van der Waals surface area contributed by atoms with E-state index in [0.29, 0.717) is 32.8 Å². The molecular formula is C21H23N3O5. The van der Waals surface area contributed by atoms with Gasteiger partial charge in [0.1, 0.15) is 13.2 Å². The Morgan fingerprint density at radius 2 is 1.52 bits per heavy atom. The number of carbonyl (C=O) groups is 1. The molecule has 0 atom stereocenters. The number of amides is 2. The summed E-state index contributed by atoms with van der Waals surface area (Å²) in [5, 5.41) is 2.99. The smallest absolute Gasteiger partial charge is 0.317 e. The zero-order valence-corrected chi connectivity index (χ0v) is 16.1. The SMILES string of the molecule is O=C(NCc1ccc2c(c1)OCO2)N1CCN(c2ccc3c(c2)OCCO3)CC1. The molecule has 8 heteroatoms. The van der Waals surface area contributed by atoms with Gasteiger partial charge in [0.2, 0.25) is 6.79 Å². The number of nitrogens with zero attached hydrogens (tertiary/aromatic N) is 2. The highest BCUT2D eigenvalue weighted by molar-refractivity contribution is 5.74. The molecule has 1 fully saturated rings. The van der Waals surface area contributed by atoms with Crippen molar-refractivity contribution >= 4 is 11.7 Å². The number of fused-ring (bicyclic) bond motifs is 2. The van der Waals surface area contributed by atoms with E-state index in [0.717, 1.165) is 47.3 Å². The summed E-state index contributed by atoms with van der Waals surface area (Å²) in [6.07, 6.45) is 0. The van der Waals surface area contributed by atoms with E-state index in [2.05, 4.69) is 10.2 Å². The maximum Gasteiger partial charge on any atom is 0.317 e. The Morgan fingerprint density at radius 3 is 2.38 bits per heavy atom. The maximum absolute atomic E-state index is 12.5. The van der Waals surface area contributed by atoms with Gasteiger partial charge in [-0.1, -0.05) is 6.07 Å². The second-order valence-electron chi connectivity index (χ2n) is 7.15. The molecule has 29 heavy (non-hydrogen) atoms. The molecule has 8 nitrogen and oxygen atoms in total. The van der Waals surface area contributed by atoms with Gasteiger partial charge in [-0.15, -0.1) is 0 Å². The molecule has 0 saturated carbocycles. The first kappa shape index (κ1) is 17.8. The number of nitrogens with one attached hydrogen (secondary N) is 1. The van der Waals surface area contributed by atoms with Gasteiger partial charge in [-0.2, -0.15) is 0 Å². The topological polar surface area (TPSA) is 72.5 Å². The number of carbonyl (C=O) groups excluding carboxylic acids is 1. The van der Waals surface area contributed by atoms with Crippen LogP contribution in [0.3, 0.4) is 0 Å². The van der Waals surface area contributed by atoms with Gasteiger partial charge in [-0.05, 0) is 29.8 Å². The lowest BCUT2D eigenvalue weighted by molar-refractivity contribution is 0.171. The standard InChI is InChI=1S/C21H23N3O5/c25-21(22-13-15-1-3-18-19(11-15)29-14-28-18)24-7-5-23(6-8-24)16-2-4-17-20(12-16)27-10-9-26-17/h1-4,11-12H,5-10,13-14H2,(H,22,25). The maximum atomic E-state index is 12.5. The van der Waals surface area contributed by atoms with Crippen molar-refractivity contribution in [3.8, 4) is 23.0 Å². The quantitative estimate of drug-likeness (QED) is 0.856. The summed E-state index contributed by atoms with van der Waals surface area (Å²) in [7, 11) is 0. The van der Waals surface area contributed by atoms with Gasteiger partial charge in [0.15, 0.2) is 23.0 Å². The molecule has 0 radical (unpaired) electrons. The Labute approximate surface area is 168 Å². The monoisotopic (exact) mass is 397 g/mol. The molecule has 0 bridgehead atoms. The molecule has 2 aromatic carbocycles.